The Bertz CT molecular complexity index is 704. The van der Waals surface area contributed by atoms with Gasteiger partial charge in [0, 0.05) is 25.4 Å². The highest BCUT2D eigenvalue weighted by Gasteiger charge is 2.24. The number of methoxy groups -OCH3 is 1. The molecule has 1 aromatic carbocycles. The third-order valence-corrected chi connectivity index (χ3v) is 6.03. The van der Waals surface area contributed by atoms with Gasteiger partial charge >= 0.3 is 0 Å². The Labute approximate surface area is 148 Å². The number of aromatic nitrogens is 1. The molecule has 0 radical (unpaired) electrons. The van der Waals surface area contributed by atoms with Gasteiger partial charge in [-0.15, -0.1) is 0 Å². The monoisotopic (exact) mass is 369 g/mol. The Morgan fingerprint density at radius 3 is 3.17 bits per heavy atom. The van der Waals surface area contributed by atoms with E-state index in [0.29, 0.717) is 29.8 Å². The average molecular weight is 369 g/mol. The molecule has 0 aliphatic carbocycles. The maximum Gasteiger partial charge on any atom is 0.240 e. The molecule has 130 valence electrons. The van der Waals surface area contributed by atoms with Crippen molar-refractivity contribution in [1.29, 1.82) is 0 Å². The molecule has 1 saturated heterocycles. The summed E-state index contributed by atoms with van der Waals surface area (Å²) < 4.78 is 19.1. The maximum absolute atomic E-state index is 13.2. The summed E-state index contributed by atoms with van der Waals surface area (Å²) in [5.74, 6) is 1.80. The number of halogens is 1. The lowest BCUT2D eigenvalue weighted by molar-refractivity contribution is -0.117. The van der Waals surface area contributed by atoms with Crippen LogP contribution < -0.4 is 5.32 Å². The minimum Gasteiger partial charge on any atom is -0.383 e. The Kier molecular flexibility index (Phi) is 6.04. The van der Waals surface area contributed by atoms with E-state index in [0.717, 1.165) is 29.2 Å². The lowest BCUT2D eigenvalue weighted by Gasteiger charge is -2.27. The molecule has 0 saturated carbocycles. The number of rotatable bonds is 7. The Morgan fingerprint density at radius 1 is 1.54 bits per heavy atom. The number of hydrogen-bond donors (Lipinski definition) is 1. The highest BCUT2D eigenvalue weighted by molar-refractivity contribution is 7.99. The van der Waals surface area contributed by atoms with Crippen LogP contribution in [0.2, 0.25) is 0 Å². The van der Waals surface area contributed by atoms with E-state index in [-0.39, 0.29) is 11.7 Å². The summed E-state index contributed by atoms with van der Waals surface area (Å²) >= 11 is 3.21. The number of carbonyl (C=O) groups is 1. The number of carbonyl (C=O) groups excluding carboxylic acids is 1. The molecule has 3 rings (SSSR count). The number of thiazole rings is 1. The largest absolute Gasteiger partial charge is 0.383 e. The molecule has 1 amide bonds. The molecule has 0 bridgehead atoms. The molecule has 1 aliphatic heterocycles. The summed E-state index contributed by atoms with van der Waals surface area (Å²) in [7, 11) is 1.67. The molecule has 24 heavy (non-hydrogen) atoms. The van der Waals surface area contributed by atoms with Gasteiger partial charge in [0.1, 0.15) is 5.82 Å². The number of thioether (sulfide) groups is 1. The molecule has 2 heterocycles. The van der Waals surface area contributed by atoms with Gasteiger partial charge in [-0.3, -0.25) is 9.69 Å². The van der Waals surface area contributed by atoms with Crippen molar-refractivity contribution in [2.45, 2.75) is 12.5 Å². The van der Waals surface area contributed by atoms with Gasteiger partial charge in [-0.2, -0.15) is 11.8 Å². The Balaban J connectivity index is 1.63. The molecule has 0 spiro atoms. The van der Waals surface area contributed by atoms with Crippen molar-refractivity contribution in [3.05, 3.63) is 24.0 Å². The summed E-state index contributed by atoms with van der Waals surface area (Å²) in [6, 6.07) is 4.85. The van der Waals surface area contributed by atoms with E-state index in [1.54, 1.807) is 13.2 Å². The van der Waals surface area contributed by atoms with Crippen LogP contribution >= 0.6 is 23.1 Å². The molecule has 1 aliphatic rings. The summed E-state index contributed by atoms with van der Waals surface area (Å²) in [6.07, 6.45) is 1.10. The predicted octanol–water partition coefficient (Wildman–Crippen LogP) is 2.83. The highest BCUT2D eigenvalue weighted by atomic mass is 32.2. The standard InChI is InChI=1S/C16H20FN3O2S2/c1-22-6-5-20(12-4-7-23-10-12)9-15(21)19-16-18-13-3-2-11(17)8-14(13)24-16/h2-3,8,12H,4-7,9-10H2,1H3,(H,18,19,21). The molecule has 2 aromatic rings. The van der Waals surface area contributed by atoms with E-state index in [1.807, 2.05) is 11.8 Å². The van der Waals surface area contributed by atoms with Gasteiger partial charge in [0.2, 0.25) is 5.91 Å². The summed E-state index contributed by atoms with van der Waals surface area (Å²) in [5, 5.41) is 3.35. The molecule has 1 N–H and O–H groups in total. The van der Waals surface area contributed by atoms with E-state index in [9.17, 15) is 9.18 Å². The van der Waals surface area contributed by atoms with Crippen molar-refractivity contribution in [3.63, 3.8) is 0 Å². The quantitative estimate of drug-likeness (QED) is 0.813. The van der Waals surface area contributed by atoms with Crippen LogP contribution in [0.4, 0.5) is 9.52 Å². The summed E-state index contributed by atoms with van der Waals surface area (Å²) in [5.41, 5.74) is 0.695. The van der Waals surface area contributed by atoms with Crippen LogP contribution in [0.25, 0.3) is 10.2 Å². The van der Waals surface area contributed by atoms with Crippen LogP contribution in [0.15, 0.2) is 18.2 Å². The molecule has 1 aromatic heterocycles. The summed E-state index contributed by atoms with van der Waals surface area (Å²) in [6.45, 7) is 1.66. The van der Waals surface area contributed by atoms with Crippen molar-refractivity contribution < 1.29 is 13.9 Å². The van der Waals surface area contributed by atoms with Gasteiger partial charge in [-0.25, -0.2) is 9.37 Å². The number of anilines is 1. The van der Waals surface area contributed by atoms with Gasteiger partial charge in [-0.1, -0.05) is 11.3 Å². The molecule has 1 atom stereocenters. The lowest BCUT2D eigenvalue weighted by Crippen LogP contribution is -2.42. The number of nitrogens with one attached hydrogen (secondary N) is 1. The number of fused-ring (bicyclic) bond motifs is 1. The molecular weight excluding hydrogens is 349 g/mol. The Morgan fingerprint density at radius 2 is 2.42 bits per heavy atom. The first-order valence-corrected chi connectivity index (χ1v) is 9.79. The van der Waals surface area contributed by atoms with Crippen LogP contribution in [-0.2, 0) is 9.53 Å². The highest BCUT2D eigenvalue weighted by Crippen LogP contribution is 2.27. The van der Waals surface area contributed by atoms with E-state index < -0.39 is 0 Å². The van der Waals surface area contributed by atoms with Gasteiger partial charge in [0.05, 0.1) is 23.4 Å². The minimum absolute atomic E-state index is 0.0949. The minimum atomic E-state index is -0.298. The fourth-order valence-electron chi connectivity index (χ4n) is 2.70. The maximum atomic E-state index is 13.2. The number of amides is 1. The number of ether oxygens (including phenoxy) is 1. The first kappa shape index (κ1) is 17.6. The normalized spacial score (nSPS) is 17.7. The van der Waals surface area contributed by atoms with Gasteiger partial charge < -0.3 is 10.1 Å². The van der Waals surface area contributed by atoms with Crippen LogP contribution in [0.3, 0.4) is 0 Å². The van der Waals surface area contributed by atoms with Crippen LogP contribution in [0.5, 0.6) is 0 Å². The predicted molar refractivity (Wildman–Crippen MR) is 97.4 cm³/mol. The fraction of sp³-hybridized carbons (Fsp3) is 0.500. The van der Waals surface area contributed by atoms with E-state index >= 15 is 0 Å². The van der Waals surface area contributed by atoms with Crippen LogP contribution in [0.1, 0.15) is 6.42 Å². The zero-order valence-electron chi connectivity index (χ0n) is 13.5. The second-order valence-corrected chi connectivity index (χ2v) is 7.84. The zero-order valence-corrected chi connectivity index (χ0v) is 15.1. The number of nitrogens with zero attached hydrogens (tertiary/aromatic N) is 2. The first-order valence-electron chi connectivity index (χ1n) is 7.82. The number of hydrogen-bond acceptors (Lipinski definition) is 6. The molecule has 5 nitrogen and oxygen atoms in total. The SMILES string of the molecule is COCCN(CC(=O)Nc1nc2ccc(F)cc2s1)C1CCSC1. The molecular formula is C16H20FN3O2S2. The smallest absolute Gasteiger partial charge is 0.240 e. The molecule has 1 unspecified atom stereocenters. The fourth-order valence-corrected chi connectivity index (χ4v) is 4.87. The van der Waals surface area contributed by atoms with Gasteiger partial charge in [0.15, 0.2) is 5.13 Å². The van der Waals surface area contributed by atoms with Gasteiger partial charge in [-0.05, 0) is 30.4 Å². The van der Waals surface area contributed by atoms with Crippen molar-refractivity contribution in [3.8, 4) is 0 Å². The van der Waals surface area contributed by atoms with Crippen LogP contribution in [-0.4, -0.2) is 60.1 Å². The van der Waals surface area contributed by atoms with Gasteiger partial charge in [0.25, 0.3) is 0 Å². The zero-order chi connectivity index (χ0) is 16.9. The van der Waals surface area contributed by atoms with E-state index in [2.05, 4.69) is 15.2 Å². The third kappa shape index (κ3) is 4.44. The summed E-state index contributed by atoms with van der Waals surface area (Å²) in [4.78, 5) is 18.9. The van der Waals surface area contributed by atoms with E-state index in [1.165, 1.54) is 23.5 Å². The first-order chi connectivity index (χ1) is 11.7. The van der Waals surface area contributed by atoms with Crippen molar-refractivity contribution >= 4 is 44.4 Å². The molecule has 8 heteroatoms. The second kappa shape index (κ2) is 8.24. The topological polar surface area (TPSA) is 54.5 Å². The van der Waals surface area contributed by atoms with Crippen molar-refractivity contribution in [1.82, 2.24) is 9.88 Å². The van der Waals surface area contributed by atoms with Crippen molar-refractivity contribution in [2.75, 3.05) is 43.6 Å². The van der Waals surface area contributed by atoms with Crippen molar-refractivity contribution in [2.24, 2.45) is 0 Å². The lowest BCUT2D eigenvalue weighted by atomic mass is 10.2. The molecule has 1 fully saturated rings. The average Bonchev–Trinajstić information content (AvgIpc) is 3.20. The van der Waals surface area contributed by atoms with Crippen LogP contribution in [0, 0.1) is 5.82 Å². The second-order valence-electron chi connectivity index (χ2n) is 5.66. The Hall–Kier alpha value is -1.22. The number of benzene rings is 1. The van der Waals surface area contributed by atoms with E-state index in [4.69, 9.17) is 4.74 Å². The third-order valence-electron chi connectivity index (χ3n) is 3.95.